The Morgan fingerprint density at radius 1 is 1.04 bits per heavy atom. The smallest absolute Gasteiger partial charge is 0.355 e. The maximum Gasteiger partial charge on any atom is 0.355 e. The molecule has 3 aromatic rings. The third kappa shape index (κ3) is 3.16. The first-order valence-corrected chi connectivity index (χ1v) is 8.54. The van der Waals surface area contributed by atoms with Crippen molar-refractivity contribution >= 4 is 17.3 Å². The molecule has 1 heterocycles. The number of aromatic amines is 1. The van der Waals surface area contributed by atoms with E-state index in [1.54, 1.807) is 6.92 Å². The lowest BCUT2D eigenvalue weighted by Crippen LogP contribution is -2.06. The first-order chi connectivity index (χ1) is 12.4. The van der Waals surface area contributed by atoms with E-state index in [2.05, 4.69) is 4.98 Å². The molecule has 0 bridgehead atoms. The molecule has 5 nitrogen and oxygen atoms in total. The van der Waals surface area contributed by atoms with Gasteiger partial charge in [-0.1, -0.05) is 18.2 Å². The number of esters is 1. The first kappa shape index (κ1) is 17.6. The van der Waals surface area contributed by atoms with Gasteiger partial charge in [0.2, 0.25) is 0 Å². The van der Waals surface area contributed by atoms with Crippen molar-refractivity contribution in [3.05, 3.63) is 59.3 Å². The van der Waals surface area contributed by atoms with Crippen LogP contribution < -0.4 is 11.5 Å². The highest BCUT2D eigenvalue weighted by Crippen LogP contribution is 2.36. The van der Waals surface area contributed by atoms with Gasteiger partial charge in [-0.05, 0) is 67.3 Å². The topological polar surface area (TPSA) is 94.1 Å². The summed E-state index contributed by atoms with van der Waals surface area (Å²) in [5.74, 6) is -0.373. The van der Waals surface area contributed by atoms with Gasteiger partial charge in [0.05, 0.1) is 6.61 Å². The molecule has 0 unspecified atom stereocenters. The molecule has 1 aromatic heterocycles. The minimum absolute atomic E-state index is 0.314. The van der Waals surface area contributed by atoms with E-state index in [1.165, 1.54) is 0 Å². The van der Waals surface area contributed by atoms with Crippen LogP contribution in [-0.4, -0.2) is 17.6 Å². The molecule has 2 aromatic carbocycles. The Morgan fingerprint density at radius 3 is 2.31 bits per heavy atom. The highest BCUT2D eigenvalue weighted by atomic mass is 16.5. The fourth-order valence-electron chi connectivity index (χ4n) is 3.08. The molecule has 26 heavy (non-hydrogen) atoms. The van der Waals surface area contributed by atoms with Crippen molar-refractivity contribution < 1.29 is 9.53 Å². The van der Waals surface area contributed by atoms with Gasteiger partial charge in [-0.15, -0.1) is 0 Å². The molecule has 0 fully saturated rings. The van der Waals surface area contributed by atoms with E-state index in [9.17, 15) is 4.79 Å². The zero-order valence-corrected chi connectivity index (χ0v) is 15.2. The van der Waals surface area contributed by atoms with Crippen LogP contribution in [0.4, 0.5) is 11.4 Å². The Bertz CT molecular complexity index is 956. The van der Waals surface area contributed by atoms with Gasteiger partial charge in [-0.2, -0.15) is 0 Å². The number of ether oxygens (including phenoxy) is 1. The molecule has 0 saturated carbocycles. The fraction of sp³-hybridized carbons (Fsp3) is 0.190. The van der Waals surface area contributed by atoms with Crippen LogP contribution in [0, 0.1) is 13.8 Å². The summed E-state index contributed by atoms with van der Waals surface area (Å²) >= 11 is 0. The average molecular weight is 349 g/mol. The molecule has 0 atom stereocenters. The minimum atomic E-state index is -0.373. The number of benzene rings is 2. The summed E-state index contributed by atoms with van der Waals surface area (Å²) in [6.07, 6.45) is 0. The van der Waals surface area contributed by atoms with Crippen molar-refractivity contribution in [2.75, 3.05) is 18.1 Å². The summed E-state index contributed by atoms with van der Waals surface area (Å²) in [6.45, 7) is 6.05. The van der Waals surface area contributed by atoms with E-state index in [0.29, 0.717) is 18.0 Å². The largest absolute Gasteiger partial charge is 0.461 e. The van der Waals surface area contributed by atoms with Crippen LogP contribution in [0.25, 0.3) is 22.4 Å². The van der Waals surface area contributed by atoms with Gasteiger partial charge in [-0.3, -0.25) is 0 Å². The van der Waals surface area contributed by atoms with Crippen LogP contribution in [-0.2, 0) is 4.74 Å². The van der Waals surface area contributed by atoms with Crippen molar-refractivity contribution in [2.45, 2.75) is 20.8 Å². The molecule has 0 amide bonds. The number of nitrogens with two attached hydrogens (primary N) is 2. The number of rotatable bonds is 4. The molecule has 134 valence electrons. The zero-order valence-electron chi connectivity index (χ0n) is 15.2. The van der Waals surface area contributed by atoms with Crippen molar-refractivity contribution in [1.29, 1.82) is 0 Å². The minimum Gasteiger partial charge on any atom is -0.461 e. The Balaban J connectivity index is 2.21. The van der Waals surface area contributed by atoms with E-state index in [-0.39, 0.29) is 5.97 Å². The van der Waals surface area contributed by atoms with E-state index >= 15 is 0 Å². The third-order valence-electron chi connectivity index (χ3n) is 4.49. The number of nitrogens with one attached hydrogen (secondary N) is 1. The number of carbonyl (C=O) groups excluding carboxylic acids is 1. The molecule has 0 saturated heterocycles. The van der Waals surface area contributed by atoms with Gasteiger partial charge in [0.25, 0.3) is 0 Å². The number of H-pyrrole nitrogens is 1. The lowest BCUT2D eigenvalue weighted by atomic mass is 9.97. The molecule has 0 aliphatic carbocycles. The number of hydrogen-bond acceptors (Lipinski definition) is 4. The summed E-state index contributed by atoms with van der Waals surface area (Å²) in [7, 11) is 0. The zero-order chi connectivity index (χ0) is 18.8. The van der Waals surface area contributed by atoms with E-state index < -0.39 is 0 Å². The normalized spacial score (nSPS) is 10.7. The van der Waals surface area contributed by atoms with Crippen molar-refractivity contribution in [1.82, 2.24) is 4.98 Å². The van der Waals surface area contributed by atoms with Gasteiger partial charge in [0, 0.05) is 22.6 Å². The van der Waals surface area contributed by atoms with Crippen molar-refractivity contribution in [2.24, 2.45) is 0 Å². The van der Waals surface area contributed by atoms with E-state index in [4.69, 9.17) is 16.2 Å². The van der Waals surface area contributed by atoms with Crippen LogP contribution in [0.3, 0.4) is 0 Å². The van der Waals surface area contributed by atoms with Gasteiger partial charge in [0.1, 0.15) is 5.69 Å². The maximum atomic E-state index is 12.5. The summed E-state index contributed by atoms with van der Waals surface area (Å²) in [6, 6.07) is 13.3. The number of carbonyl (C=O) groups is 1. The Labute approximate surface area is 153 Å². The van der Waals surface area contributed by atoms with Gasteiger partial charge < -0.3 is 21.2 Å². The van der Waals surface area contributed by atoms with E-state index in [1.807, 2.05) is 56.3 Å². The summed E-state index contributed by atoms with van der Waals surface area (Å²) in [5, 5.41) is 0. The number of aryl methyl sites for hydroxylation is 1. The highest BCUT2D eigenvalue weighted by Gasteiger charge is 2.23. The van der Waals surface area contributed by atoms with Crippen LogP contribution in [0.1, 0.15) is 28.5 Å². The Kier molecular flexibility index (Phi) is 4.71. The predicted molar refractivity (Wildman–Crippen MR) is 106 cm³/mol. The maximum absolute atomic E-state index is 12.5. The van der Waals surface area contributed by atoms with Gasteiger partial charge in [0.15, 0.2) is 0 Å². The van der Waals surface area contributed by atoms with Crippen LogP contribution in [0.2, 0.25) is 0 Å². The second-order valence-corrected chi connectivity index (χ2v) is 6.29. The SMILES string of the molecule is CCOC(=O)c1[nH]c(-c2ccc(N)cc2)c(C)c1-c1ccc(N)c(C)c1. The van der Waals surface area contributed by atoms with Crippen molar-refractivity contribution in [3.8, 4) is 22.4 Å². The van der Waals surface area contributed by atoms with Crippen molar-refractivity contribution in [3.63, 3.8) is 0 Å². The molecular formula is C21H23N3O2. The first-order valence-electron chi connectivity index (χ1n) is 8.54. The highest BCUT2D eigenvalue weighted by molar-refractivity contribution is 5.99. The lowest BCUT2D eigenvalue weighted by Gasteiger charge is -2.08. The van der Waals surface area contributed by atoms with Gasteiger partial charge in [-0.25, -0.2) is 4.79 Å². The van der Waals surface area contributed by atoms with Crippen LogP contribution in [0.5, 0.6) is 0 Å². The molecule has 5 N–H and O–H groups in total. The molecule has 0 radical (unpaired) electrons. The molecule has 3 rings (SSSR count). The number of hydrogen-bond donors (Lipinski definition) is 3. The monoisotopic (exact) mass is 349 g/mol. The quantitative estimate of drug-likeness (QED) is 0.483. The second kappa shape index (κ2) is 6.96. The lowest BCUT2D eigenvalue weighted by molar-refractivity contribution is 0.0521. The molecule has 0 aliphatic heterocycles. The summed E-state index contributed by atoms with van der Waals surface area (Å²) in [5.41, 5.74) is 19.1. The Morgan fingerprint density at radius 2 is 1.69 bits per heavy atom. The standard InChI is InChI=1S/C21H23N3O2/c1-4-26-21(25)20-18(15-7-10-17(23)12(2)11-15)13(3)19(24-20)14-5-8-16(22)9-6-14/h5-11,24H,4,22-23H2,1-3H3. The van der Waals surface area contributed by atoms with Crippen LogP contribution >= 0.6 is 0 Å². The van der Waals surface area contributed by atoms with Crippen LogP contribution in [0.15, 0.2) is 42.5 Å². The molecule has 5 heteroatoms. The fourth-order valence-corrected chi connectivity index (χ4v) is 3.08. The number of nitrogen functional groups attached to an aromatic ring is 2. The number of aromatic nitrogens is 1. The van der Waals surface area contributed by atoms with Gasteiger partial charge >= 0.3 is 5.97 Å². The second-order valence-electron chi connectivity index (χ2n) is 6.29. The summed E-state index contributed by atoms with van der Waals surface area (Å²) < 4.78 is 5.25. The predicted octanol–water partition coefficient (Wildman–Crippen LogP) is 4.31. The molecule has 0 aliphatic rings. The Hall–Kier alpha value is -3.21. The number of anilines is 2. The third-order valence-corrected chi connectivity index (χ3v) is 4.49. The average Bonchev–Trinajstić information content (AvgIpc) is 2.96. The summed E-state index contributed by atoms with van der Waals surface area (Å²) in [4.78, 5) is 15.8. The molecular weight excluding hydrogens is 326 g/mol. The molecule has 0 spiro atoms. The van der Waals surface area contributed by atoms with E-state index in [0.717, 1.165) is 39.2 Å².